The average Bonchev–Trinajstić information content (AvgIpc) is 2.45. The minimum atomic E-state index is -0.952. The molecule has 0 spiro atoms. The third-order valence-corrected chi connectivity index (χ3v) is 4.35. The fraction of sp³-hybridized carbons (Fsp3) is 0.833. The van der Waals surface area contributed by atoms with Gasteiger partial charge in [0.1, 0.15) is 0 Å². The Morgan fingerprint density at radius 1 is 1.41 bits per heavy atom. The number of hydrogen-bond acceptors (Lipinski definition) is 4. The highest BCUT2D eigenvalue weighted by Crippen LogP contribution is 2.35. The van der Waals surface area contributed by atoms with Crippen LogP contribution >= 0.6 is 0 Å². The Bertz CT molecular complexity index is 353. The van der Waals surface area contributed by atoms with E-state index in [1.54, 1.807) is 6.92 Å². The van der Waals surface area contributed by atoms with Gasteiger partial charge in [0.15, 0.2) is 0 Å². The molecular formula is C18H32O4. The number of unbranched alkanes of at least 4 members (excludes halogenated alkanes) is 2. The van der Waals surface area contributed by atoms with E-state index in [4.69, 9.17) is 4.74 Å². The molecule has 3 atom stereocenters. The van der Waals surface area contributed by atoms with E-state index in [0.29, 0.717) is 19.4 Å². The zero-order chi connectivity index (χ0) is 16.4. The molecule has 0 aromatic heterocycles. The van der Waals surface area contributed by atoms with Crippen LogP contribution in [0.3, 0.4) is 0 Å². The zero-order valence-corrected chi connectivity index (χ0v) is 14.1. The summed E-state index contributed by atoms with van der Waals surface area (Å²) in [5, 5.41) is 20.5. The van der Waals surface area contributed by atoms with E-state index < -0.39 is 11.7 Å². The fourth-order valence-electron chi connectivity index (χ4n) is 3.18. The highest BCUT2D eigenvalue weighted by molar-refractivity contribution is 5.70. The fourth-order valence-corrected chi connectivity index (χ4v) is 3.18. The molecule has 1 aliphatic rings. The number of aliphatic hydroxyl groups excluding tert-OH is 1. The summed E-state index contributed by atoms with van der Waals surface area (Å²) in [5.74, 6) is -0.0942. The van der Waals surface area contributed by atoms with Crippen molar-refractivity contribution in [2.75, 3.05) is 6.61 Å². The van der Waals surface area contributed by atoms with Gasteiger partial charge in [-0.2, -0.15) is 0 Å². The van der Waals surface area contributed by atoms with Crippen LogP contribution in [0.25, 0.3) is 0 Å². The number of aliphatic hydroxyl groups is 2. The molecule has 22 heavy (non-hydrogen) atoms. The SMILES string of the molecule is CCCCCC(O)/C=C/[C@H]1CCC[C@@](O)(CC(=O)OCC)C1. The Kier molecular flexibility index (Phi) is 8.72. The molecule has 1 aliphatic carbocycles. The van der Waals surface area contributed by atoms with Gasteiger partial charge in [-0.15, -0.1) is 0 Å². The molecule has 4 nitrogen and oxygen atoms in total. The number of ether oxygens (including phenoxy) is 1. The Balaban J connectivity index is 2.43. The molecule has 0 amide bonds. The zero-order valence-electron chi connectivity index (χ0n) is 14.1. The van der Waals surface area contributed by atoms with E-state index >= 15 is 0 Å². The molecule has 1 saturated carbocycles. The maximum Gasteiger partial charge on any atom is 0.308 e. The minimum absolute atomic E-state index is 0.0736. The lowest BCUT2D eigenvalue weighted by atomic mass is 9.76. The highest BCUT2D eigenvalue weighted by atomic mass is 16.5. The van der Waals surface area contributed by atoms with Crippen LogP contribution in [-0.2, 0) is 9.53 Å². The van der Waals surface area contributed by atoms with Gasteiger partial charge in [-0.3, -0.25) is 4.79 Å². The van der Waals surface area contributed by atoms with Crippen molar-refractivity contribution in [2.45, 2.75) is 83.3 Å². The van der Waals surface area contributed by atoms with Crippen molar-refractivity contribution >= 4 is 5.97 Å². The highest BCUT2D eigenvalue weighted by Gasteiger charge is 2.35. The molecule has 128 valence electrons. The van der Waals surface area contributed by atoms with Crippen LogP contribution in [0.15, 0.2) is 12.2 Å². The summed E-state index contributed by atoms with van der Waals surface area (Å²) in [6, 6.07) is 0. The third kappa shape index (κ3) is 7.41. The van der Waals surface area contributed by atoms with Crippen LogP contribution in [0.1, 0.15) is 71.6 Å². The van der Waals surface area contributed by atoms with Crippen molar-refractivity contribution in [3.63, 3.8) is 0 Å². The minimum Gasteiger partial charge on any atom is -0.466 e. The van der Waals surface area contributed by atoms with Crippen molar-refractivity contribution in [1.29, 1.82) is 0 Å². The molecule has 0 radical (unpaired) electrons. The molecule has 0 saturated heterocycles. The van der Waals surface area contributed by atoms with Crippen molar-refractivity contribution in [3.05, 3.63) is 12.2 Å². The predicted molar refractivity (Wildman–Crippen MR) is 87.4 cm³/mol. The van der Waals surface area contributed by atoms with Gasteiger partial charge in [0.05, 0.1) is 24.7 Å². The summed E-state index contributed by atoms with van der Waals surface area (Å²) in [4.78, 5) is 11.6. The number of rotatable bonds is 9. The quantitative estimate of drug-likeness (QED) is 0.389. The van der Waals surface area contributed by atoms with Crippen LogP contribution in [0.5, 0.6) is 0 Å². The standard InChI is InChI=1S/C18H32O4/c1-3-5-6-9-16(19)11-10-15-8-7-12-18(21,13-15)14-17(20)22-4-2/h10-11,15-16,19,21H,3-9,12-14H2,1-2H3/b11-10+/t15-,16?,18+/m1/s1. The Morgan fingerprint density at radius 2 is 2.18 bits per heavy atom. The first-order valence-corrected chi connectivity index (χ1v) is 8.73. The number of hydrogen-bond donors (Lipinski definition) is 2. The summed E-state index contributed by atoms with van der Waals surface area (Å²) in [7, 11) is 0. The molecule has 1 fully saturated rings. The predicted octanol–water partition coefficient (Wildman–Crippen LogP) is 3.36. The summed E-state index contributed by atoms with van der Waals surface area (Å²) >= 11 is 0. The second kappa shape index (κ2) is 10.0. The maximum absolute atomic E-state index is 11.6. The molecule has 0 heterocycles. The van der Waals surface area contributed by atoms with Gasteiger partial charge in [0.25, 0.3) is 0 Å². The number of esters is 1. The Hall–Kier alpha value is -0.870. The molecule has 1 rings (SSSR count). The first kappa shape index (κ1) is 19.2. The summed E-state index contributed by atoms with van der Waals surface area (Å²) in [6.07, 6.45) is 10.8. The van der Waals surface area contributed by atoms with Crippen LogP contribution < -0.4 is 0 Å². The van der Waals surface area contributed by atoms with Gasteiger partial charge in [-0.25, -0.2) is 0 Å². The van der Waals surface area contributed by atoms with Gasteiger partial charge < -0.3 is 14.9 Å². The Morgan fingerprint density at radius 3 is 2.86 bits per heavy atom. The molecule has 0 aliphatic heterocycles. The van der Waals surface area contributed by atoms with Gasteiger partial charge >= 0.3 is 5.97 Å². The van der Waals surface area contributed by atoms with Gasteiger partial charge in [0.2, 0.25) is 0 Å². The van der Waals surface area contributed by atoms with E-state index in [9.17, 15) is 15.0 Å². The first-order valence-electron chi connectivity index (χ1n) is 8.73. The Labute approximate surface area is 134 Å². The van der Waals surface area contributed by atoms with Crippen LogP contribution in [0.2, 0.25) is 0 Å². The summed E-state index contributed by atoms with van der Waals surface area (Å²) in [6.45, 7) is 4.27. The van der Waals surface area contributed by atoms with Gasteiger partial charge in [-0.05, 0) is 44.9 Å². The lowest BCUT2D eigenvalue weighted by Crippen LogP contribution is -2.37. The van der Waals surface area contributed by atoms with E-state index in [2.05, 4.69) is 6.92 Å². The van der Waals surface area contributed by atoms with Crippen molar-refractivity contribution in [3.8, 4) is 0 Å². The average molecular weight is 312 g/mol. The normalized spacial score (nSPS) is 27.0. The second-order valence-electron chi connectivity index (χ2n) is 6.51. The van der Waals surface area contributed by atoms with Crippen LogP contribution in [0.4, 0.5) is 0 Å². The van der Waals surface area contributed by atoms with E-state index in [0.717, 1.165) is 38.5 Å². The molecule has 1 unspecified atom stereocenters. The topological polar surface area (TPSA) is 66.8 Å². The van der Waals surface area contributed by atoms with Crippen LogP contribution in [0, 0.1) is 5.92 Å². The summed E-state index contributed by atoms with van der Waals surface area (Å²) < 4.78 is 4.94. The summed E-state index contributed by atoms with van der Waals surface area (Å²) in [5.41, 5.74) is -0.952. The van der Waals surface area contributed by atoms with Crippen molar-refractivity contribution < 1.29 is 19.7 Å². The molecule has 2 N–H and O–H groups in total. The molecule has 0 aromatic carbocycles. The molecule has 4 heteroatoms. The monoisotopic (exact) mass is 312 g/mol. The van der Waals surface area contributed by atoms with Gasteiger partial charge in [0, 0.05) is 0 Å². The van der Waals surface area contributed by atoms with E-state index in [1.807, 2.05) is 12.2 Å². The second-order valence-corrected chi connectivity index (χ2v) is 6.51. The first-order chi connectivity index (χ1) is 10.5. The molecular weight excluding hydrogens is 280 g/mol. The molecule has 0 aromatic rings. The van der Waals surface area contributed by atoms with Crippen molar-refractivity contribution in [2.24, 2.45) is 5.92 Å². The lowest BCUT2D eigenvalue weighted by Gasteiger charge is -2.35. The van der Waals surface area contributed by atoms with E-state index in [1.165, 1.54) is 0 Å². The number of carbonyl (C=O) groups is 1. The largest absolute Gasteiger partial charge is 0.466 e. The van der Waals surface area contributed by atoms with E-state index in [-0.39, 0.29) is 18.3 Å². The lowest BCUT2D eigenvalue weighted by molar-refractivity contribution is -0.150. The van der Waals surface area contributed by atoms with Crippen molar-refractivity contribution in [1.82, 2.24) is 0 Å². The number of allylic oxidation sites excluding steroid dienone is 1. The van der Waals surface area contributed by atoms with Gasteiger partial charge in [-0.1, -0.05) is 38.3 Å². The molecule has 0 bridgehead atoms. The number of carbonyl (C=O) groups excluding carboxylic acids is 1. The smallest absolute Gasteiger partial charge is 0.308 e. The maximum atomic E-state index is 11.6. The van der Waals surface area contributed by atoms with Crippen LogP contribution in [-0.4, -0.2) is 34.5 Å². The third-order valence-electron chi connectivity index (χ3n) is 4.35.